The van der Waals surface area contributed by atoms with E-state index >= 15 is 0 Å². The average molecular weight is 440 g/mol. The van der Waals surface area contributed by atoms with Crippen LogP contribution < -0.4 is 5.32 Å². The summed E-state index contributed by atoms with van der Waals surface area (Å²) in [4.78, 5) is 13.3. The van der Waals surface area contributed by atoms with Crippen molar-refractivity contribution in [2.24, 2.45) is 17.8 Å². The molecule has 0 radical (unpaired) electrons. The molecule has 6 atom stereocenters. The Morgan fingerprint density at radius 1 is 1.25 bits per heavy atom. The van der Waals surface area contributed by atoms with Crippen molar-refractivity contribution in [3.8, 4) is 0 Å². The number of fused-ring (bicyclic) bond motifs is 3. The highest BCUT2D eigenvalue weighted by molar-refractivity contribution is 5.92. The van der Waals surface area contributed by atoms with Gasteiger partial charge in [0, 0.05) is 42.0 Å². The minimum absolute atomic E-state index is 0.0258. The van der Waals surface area contributed by atoms with Gasteiger partial charge < -0.3 is 24.3 Å². The third-order valence-electron chi connectivity index (χ3n) is 7.56. The number of hydrogen-bond donors (Lipinski definition) is 2. The Bertz CT molecular complexity index is 982. The van der Waals surface area contributed by atoms with Gasteiger partial charge in [-0.25, -0.2) is 0 Å². The van der Waals surface area contributed by atoms with Gasteiger partial charge in [0.1, 0.15) is 5.58 Å². The van der Waals surface area contributed by atoms with Crippen molar-refractivity contribution in [1.82, 2.24) is 5.32 Å². The third kappa shape index (κ3) is 4.06. The molecular formula is C26H33NO5. The van der Waals surface area contributed by atoms with E-state index in [9.17, 15) is 9.90 Å². The molecule has 3 aliphatic rings. The van der Waals surface area contributed by atoms with Crippen molar-refractivity contribution in [3.05, 3.63) is 47.9 Å². The van der Waals surface area contributed by atoms with Crippen molar-refractivity contribution in [2.75, 3.05) is 13.2 Å². The molecule has 32 heavy (non-hydrogen) atoms. The predicted octanol–water partition coefficient (Wildman–Crippen LogP) is 4.49. The lowest BCUT2D eigenvalue weighted by Crippen LogP contribution is -2.43. The first kappa shape index (κ1) is 21.5. The molecule has 2 heterocycles. The summed E-state index contributed by atoms with van der Waals surface area (Å²) >= 11 is 0. The molecule has 2 saturated carbocycles. The molecule has 1 aliphatic heterocycles. The van der Waals surface area contributed by atoms with Crippen LogP contribution in [-0.2, 0) is 14.3 Å². The van der Waals surface area contributed by atoms with Crippen molar-refractivity contribution >= 4 is 16.9 Å². The van der Waals surface area contributed by atoms with E-state index in [4.69, 9.17) is 13.9 Å². The second-order valence-electron chi connectivity index (χ2n) is 9.47. The molecular weight excluding hydrogens is 406 g/mol. The van der Waals surface area contributed by atoms with E-state index in [0.717, 1.165) is 35.3 Å². The van der Waals surface area contributed by atoms with Crippen molar-refractivity contribution in [1.29, 1.82) is 0 Å². The van der Waals surface area contributed by atoms with Crippen LogP contribution in [0.25, 0.3) is 11.0 Å². The lowest BCUT2D eigenvalue weighted by Gasteiger charge is -2.37. The van der Waals surface area contributed by atoms with E-state index < -0.39 is 6.29 Å². The number of carbonyl (C=O) groups is 1. The van der Waals surface area contributed by atoms with Crippen LogP contribution in [0.2, 0.25) is 0 Å². The summed E-state index contributed by atoms with van der Waals surface area (Å²) in [6.45, 7) is 2.53. The molecule has 5 rings (SSSR count). The van der Waals surface area contributed by atoms with Crippen molar-refractivity contribution < 1.29 is 23.8 Å². The highest BCUT2D eigenvalue weighted by atomic mass is 16.7. The topological polar surface area (TPSA) is 80.9 Å². The first-order chi connectivity index (χ1) is 15.7. The van der Waals surface area contributed by atoms with Gasteiger partial charge in [0.15, 0.2) is 5.76 Å². The number of rotatable bonds is 8. The van der Waals surface area contributed by atoms with Crippen molar-refractivity contribution in [2.45, 2.75) is 63.7 Å². The maximum Gasteiger partial charge on any atom is 0.286 e. The van der Waals surface area contributed by atoms with Crippen LogP contribution >= 0.6 is 0 Å². The van der Waals surface area contributed by atoms with Crippen LogP contribution in [0.5, 0.6) is 0 Å². The summed E-state index contributed by atoms with van der Waals surface area (Å²) in [5.74, 6) is 1.42. The standard InChI is InChI=1S/C26H33NO5/c1-2-30-26-19(7-5-11-28)20(21-15-31-23-8-4-3-6-18(21)23)14-24(32-26)25(29)27-22-13-16-9-10-17(22)12-16/h3-4,6,8,14-17,19-20,22,26,28H,2,5,7,9-13H2,1H3,(H,27,29). The molecule has 172 valence electrons. The van der Waals surface area contributed by atoms with E-state index in [1.165, 1.54) is 19.3 Å². The number of ether oxygens (including phenoxy) is 2. The maximum atomic E-state index is 13.3. The minimum Gasteiger partial charge on any atom is -0.464 e. The molecule has 1 aromatic carbocycles. The number of benzene rings is 1. The number of hydrogen-bond acceptors (Lipinski definition) is 5. The molecule has 6 heteroatoms. The zero-order chi connectivity index (χ0) is 22.1. The highest BCUT2D eigenvalue weighted by Crippen LogP contribution is 2.45. The normalized spacial score (nSPS) is 31.5. The van der Waals surface area contributed by atoms with Gasteiger partial charge in [0.05, 0.1) is 6.26 Å². The minimum atomic E-state index is -0.545. The lowest BCUT2D eigenvalue weighted by atomic mass is 9.80. The zero-order valence-corrected chi connectivity index (χ0v) is 18.7. The number of carbonyl (C=O) groups excluding carboxylic acids is 1. The van der Waals surface area contributed by atoms with Gasteiger partial charge >= 0.3 is 0 Å². The Hall–Kier alpha value is -2.31. The molecule has 1 aromatic heterocycles. The van der Waals surface area contributed by atoms with Crippen LogP contribution in [0, 0.1) is 17.8 Å². The molecule has 6 unspecified atom stereocenters. The van der Waals surface area contributed by atoms with Crippen LogP contribution in [0.4, 0.5) is 0 Å². The monoisotopic (exact) mass is 439 g/mol. The molecule has 2 bridgehead atoms. The van der Waals surface area contributed by atoms with Crippen LogP contribution in [0.1, 0.15) is 56.9 Å². The average Bonchev–Trinajstić information content (AvgIpc) is 3.53. The summed E-state index contributed by atoms with van der Waals surface area (Å²) in [7, 11) is 0. The third-order valence-corrected chi connectivity index (χ3v) is 7.56. The molecule has 0 saturated heterocycles. The Balaban J connectivity index is 1.46. The number of allylic oxidation sites excluding steroid dienone is 1. The Morgan fingerprint density at radius 2 is 2.12 bits per heavy atom. The molecule has 2 aliphatic carbocycles. The van der Waals surface area contributed by atoms with E-state index in [-0.39, 0.29) is 30.4 Å². The number of furan rings is 1. The van der Waals surface area contributed by atoms with Crippen LogP contribution in [-0.4, -0.2) is 36.6 Å². The smallest absolute Gasteiger partial charge is 0.286 e. The highest BCUT2D eigenvalue weighted by Gasteiger charge is 2.42. The fourth-order valence-corrected chi connectivity index (χ4v) is 6.04. The summed E-state index contributed by atoms with van der Waals surface area (Å²) < 4.78 is 17.9. The zero-order valence-electron chi connectivity index (χ0n) is 18.7. The van der Waals surface area contributed by atoms with Gasteiger partial charge in [-0.1, -0.05) is 24.6 Å². The summed E-state index contributed by atoms with van der Waals surface area (Å²) in [5.41, 5.74) is 1.85. The SMILES string of the molecule is CCOC1OC(C(=O)NC2CC3CCC2C3)=CC(c2coc3ccccc23)C1CCCO. The van der Waals surface area contributed by atoms with Crippen LogP contribution in [0.15, 0.2) is 46.8 Å². The largest absolute Gasteiger partial charge is 0.464 e. The first-order valence-corrected chi connectivity index (χ1v) is 12.1. The summed E-state index contributed by atoms with van der Waals surface area (Å²) in [6, 6.07) is 8.20. The second kappa shape index (κ2) is 9.28. The first-order valence-electron chi connectivity index (χ1n) is 12.1. The Kier molecular flexibility index (Phi) is 6.24. The molecule has 2 fully saturated rings. The van der Waals surface area contributed by atoms with E-state index in [0.29, 0.717) is 24.7 Å². The number of nitrogens with one attached hydrogen (secondary N) is 1. The summed E-state index contributed by atoms with van der Waals surface area (Å²) in [6.07, 6.45) is 9.38. The van der Waals surface area contributed by atoms with E-state index in [1.54, 1.807) is 6.26 Å². The van der Waals surface area contributed by atoms with Gasteiger partial charge in [0.25, 0.3) is 5.91 Å². The Morgan fingerprint density at radius 3 is 2.88 bits per heavy atom. The number of amides is 1. The maximum absolute atomic E-state index is 13.3. The van der Waals surface area contributed by atoms with Gasteiger partial charge in [-0.15, -0.1) is 0 Å². The van der Waals surface area contributed by atoms with E-state index in [1.807, 2.05) is 37.3 Å². The Labute approximate surface area is 189 Å². The van der Waals surface area contributed by atoms with E-state index in [2.05, 4.69) is 5.32 Å². The fraction of sp³-hybridized carbons (Fsp3) is 0.577. The molecule has 2 N–H and O–H groups in total. The van der Waals surface area contributed by atoms with Gasteiger partial charge in [0.2, 0.25) is 6.29 Å². The molecule has 1 amide bonds. The fourth-order valence-electron chi connectivity index (χ4n) is 6.04. The molecule has 2 aromatic rings. The number of aliphatic hydroxyl groups excluding tert-OH is 1. The van der Waals surface area contributed by atoms with Crippen molar-refractivity contribution in [3.63, 3.8) is 0 Å². The van der Waals surface area contributed by atoms with Gasteiger partial charge in [-0.05, 0) is 63.0 Å². The number of aliphatic hydroxyl groups is 1. The van der Waals surface area contributed by atoms with Gasteiger partial charge in [-0.2, -0.15) is 0 Å². The quantitative estimate of drug-likeness (QED) is 0.634. The second-order valence-corrected chi connectivity index (χ2v) is 9.47. The van der Waals surface area contributed by atoms with Gasteiger partial charge in [-0.3, -0.25) is 4.79 Å². The molecule has 6 nitrogen and oxygen atoms in total. The lowest BCUT2D eigenvalue weighted by molar-refractivity contribution is -0.166. The summed E-state index contributed by atoms with van der Waals surface area (Å²) in [5, 5.41) is 13.8. The van der Waals surface area contributed by atoms with Crippen LogP contribution in [0.3, 0.4) is 0 Å². The predicted molar refractivity (Wildman–Crippen MR) is 121 cm³/mol. The molecule has 0 spiro atoms. The number of para-hydroxylation sites is 1.